The van der Waals surface area contributed by atoms with Crippen LogP contribution in [0, 0.1) is 17.2 Å². The summed E-state index contributed by atoms with van der Waals surface area (Å²) in [5.41, 5.74) is 7.21. The summed E-state index contributed by atoms with van der Waals surface area (Å²) in [5.74, 6) is 0.252. The van der Waals surface area contributed by atoms with Crippen LogP contribution in [0.1, 0.15) is 30.9 Å². The van der Waals surface area contributed by atoms with Crippen molar-refractivity contribution in [2.24, 2.45) is 17.1 Å². The van der Waals surface area contributed by atoms with Crippen molar-refractivity contribution in [2.75, 3.05) is 0 Å². The summed E-state index contributed by atoms with van der Waals surface area (Å²) in [6.45, 7) is 0. The van der Waals surface area contributed by atoms with Gasteiger partial charge in [0.25, 0.3) is 0 Å². The number of aromatic nitrogens is 1. The van der Waals surface area contributed by atoms with Gasteiger partial charge in [0.1, 0.15) is 5.82 Å². The molecular weight excluding hydrogens is 179 g/mol. The first kappa shape index (κ1) is 8.36. The molecule has 0 saturated heterocycles. The van der Waals surface area contributed by atoms with Crippen molar-refractivity contribution in [2.45, 2.75) is 25.3 Å². The molecular formula is C11H13FN2. The summed E-state index contributed by atoms with van der Waals surface area (Å²) in [6.07, 6.45) is 6.63. The molecule has 0 amide bonds. The van der Waals surface area contributed by atoms with Crippen molar-refractivity contribution in [1.82, 2.24) is 4.98 Å². The van der Waals surface area contributed by atoms with Gasteiger partial charge in [-0.3, -0.25) is 4.98 Å². The molecule has 2 N–H and O–H groups in total. The van der Waals surface area contributed by atoms with Crippen LogP contribution in [-0.4, -0.2) is 4.98 Å². The molecule has 2 fully saturated rings. The van der Waals surface area contributed by atoms with Crippen LogP contribution in [-0.2, 0) is 0 Å². The van der Waals surface area contributed by atoms with Crippen molar-refractivity contribution in [3.05, 3.63) is 29.8 Å². The number of pyridine rings is 1. The first-order valence-corrected chi connectivity index (χ1v) is 5.08. The Labute approximate surface area is 82.3 Å². The lowest BCUT2D eigenvalue weighted by molar-refractivity contribution is 0.522. The van der Waals surface area contributed by atoms with Gasteiger partial charge in [0.2, 0.25) is 0 Å². The Morgan fingerprint density at radius 1 is 1.57 bits per heavy atom. The Morgan fingerprint density at radius 2 is 2.36 bits per heavy atom. The van der Waals surface area contributed by atoms with Gasteiger partial charge in [-0.05, 0) is 36.7 Å². The molecule has 74 valence electrons. The van der Waals surface area contributed by atoms with Crippen LogP contribution in [0.4, 0.5) is 4.39 Å². The molecule has 2 unspecified atom stereocenters. The smallest absolute Gasteiger partial charge is 0.146 e. The predicted octanol–water partition coefficient (Wildman–Crippen LogP) is 2.02. The summed E-state index contributed by atoms with van der Waals surface area (Å²) < 4.78 is 13.4. The van der Waals surface area contributed by atoms with Crippen LogP contribution >= 0.6 is 0 Å². The summed E-state index contributed by atoms with van der Waals surface area (Å²) in [7, 11) is 0. The highest BCUT2D eigenvalue weighted by Gasteiger charge is 2.64. The molecule has 2 saturated carbocycles. The predicted molar refractivity (Wildman–Crippen MR) is 50.9 cm³/mol. The van der Waals surface area contributed by atoms with E-state index in [0.29, 0.717) is 16.9 Å². The van der Waals surface area contributed by atoms with E-state index < -0.39 is 0 Å². The average Bonchev–Trinajstić information content (AvgIpc) is 3.08. The van der Waals surface area contributed by atoms with Crippen LogP contribution in [0.3, 0.4) is 0 Å². The lowest BCUT2D eigenvalue weighted by atomic mass is 10.0. The zero-order chi connectivity index (χ0) is 9.76. The van der Waals surface area contributed by atoms with E-state index in [4.69, 9.17) is 5.73 Å². The minimum Gasteiger partial charge on any atom is -0.324 e. The van der Waals surface area contributed by atoms with Crippen molar-refractivity contribution < 1.29 is 4.39 Å². The van der Waals surface area contributed by atoms with Gasteiger partial charge >= 0.3 is 0 Å². The van der Waals surface area contributed by atoms with Gasteiger partial charge < -0.3 is 5.73 Å². The molecule has 0 aliphatic heterocycles. The fourth-order valence-electron chi connectivity index (χ4n) is 2.50. The van der Waals surface area contributed by atoms with Gasteiger partial charge in [0, 0.05) is 17.8 Å². The molecule has 0 radical (unpaired) electrons. The average molecular weight is 192 g/mol. The summed E-state index contributed by atoms with van der Waals surface area (Å²) in [4.78, 5) is 3.73. The van der Waals surface area contributed by atoms with Gasteiger partial charge in [-0.1, -0.05) is 0 Å². The zero-order valence-corrected chi connectivity index (χ0v) is 7.91. The molecule has 3 heteroatoms. The molecule has 1 spiro atoms. The van der Waals surface area contributed by atoms with Crippen molar-refractivity contribution in [1.29, 1.82) is 0 Å². The van der Waals surface area contributed by atoms with E-state index in [0.717, 1.165) is 0 Å². The molecule has 1 aromatic rings. The third kappa shape index (κ3) is 1.08. The lowest BCUT2D eigenvalue weighted by Gasteiger charge is -2.11. The zero-order valence-electron chi connectivity index (χ0n) is 7.91. The Morgan fingerprint density at radius 3 is 2.93 bits per heavy atom. The Kier molecular flexibility index (Phi) is 1.52. The maximum atomic E-state index is 13.4. The molecule has 3 rings (SSSR count). The van der Waals surface area contributed by atoms with Crippen molar-refractivity contribution in [3.8, 4) is 0 Å². The van der Waals surface area contributed by atoms with Gasteiger partial charge in [-0.15, -0.1) is 0 Å². The lowest BCUT2D eigenvalue weighted by Crippen LogP contribution is -2.15. The molecule has 0 aromatic carbocycles. The van der Waals surface area contributed by atoms with Crippen LogP contribution in [0.5, 0.6) is 0 Å². The second-order valence-corrected chi connectivity index (χ2v) is 4.60. The van der Waals surface area contributed by atoms with Crippen LogP contribution < -0.4 is 5.73 Å². The van der Waals surface area contributed by atoms with Gasteiger partial charge in [0.05, 0.1) is 6.20 Å². The maximum Gasteiger partial charge on any atom is 0.146 e. The maximum absolute atomic E-state index is 13.4. The van der Waals surface area contributed by atoms with Crippen LogP contribution in [0.25, 0.3) is 0 Å². The number of hydrogen-bond donors (Lipinski definition) is 1. The number of halogens is 1. The fourth-order valence-corrected chi connectivity index (χ4v) is 2.50. The molecule has 2 aliphatic rings. The van der Waals surface area contributed by atoms with Gasteiger partial charge in [0.15, 0.2) is 0 Å². The van der Waals surface area contributed by atoms with Crippen molar-refractivity contribution >= 4 is 0 Å². The molecule has 2 atom stereocenters. The van der Waals surface area contributed by atoms with E-state index in [2.05, 4.69) is 4.98 Å². The highest BCUT2D eigenvalue weighted by Crippen LogP contribution is 2.73. The van der Waals surface area contributed by atoms with Gasteiger partial charge in [-0.25, -0.2) is 4.39 Å². The molecule has 2 nitrogen and oxygen atoms in total. The van der Waals surface area contributed by atoms with E-state index in [1.165, 1.54) is 25.5 Å². The topological polar surface area (TPSA) is 38.9 Å². The first-order chi connectivity index (χ1) is 6.73. The third-order valence-corrected chi connectivity index (χ3v) is 3.74. The Hall–Kier alpha value is -0.960. The number of rotatable bonds is 2. The largest absolute Gasteiger partial charge is 0.324 e. The van der Waals surface area contributed by atoms with E-state index in [-0.39, 0.29) is 11.9 Å². The van der Waals surface area contributed by atoms with E-state index in [1.54, 1.807) is 12.3 Å². The normalized spacial score (nSPS) is 28.9. The summed E-state index contributed by atoms with van der Waals surface area (Å²) in [5, 5.41) is 0. The SMILES string of the molecule is NC(c1ccncc1F)C1CC12CC2. The highest BCUT2D eigenvalue weighted by atomic mass is 19.1. The van der Waals surface area contributed by atoms with E-state index in [9.17, 15) is 4.39 Å². The fraction of sp³-hybridized carbons (Fsp3) is 0.545. The summed E-state index contributed by atoms with van der Waals surface area (Å²) >= 11 is 0. The molecule has 14 heavy (non-hydrogen) atoms. The molecule has 0 bridgehead atoms. The highest BCUT2D eigenvalue weighted by molar-refractivity contribution is 5.25. The molecule has 1 aromatic heterocycles. The first-order valence-electron chi connectivity index (χ1n) is 5.08. The third-order valence-electron chi connectivity index (χ3n) is 3.74. The number of nitrogens with two attached hydrogens (primary N) is 1. The second-order valence-electron chi connectivity index (χ2n) is 4.60. The van der Waals surface area contributed by atoms with Crippen LogP contribution in [0.15, 0.2) is 18.5 Å². The quantitative estimate of drug-likeness (QED) is 0.778. The molecule has 1 heterocycles. The number of hydrogen-bond acceptors (Lipinski definition) is 2. The van der Waals surface area contributed by atoms with Crippen LogP contribution in [0.2, 0.25) is 0 Å². The standard InChI is InChI=1S/C11H13FN2/c12-9-6-14-4-1-7(9)10(13)8-5-11(8)2-3-11/h1,4,6,8,10H,2-3,5,13H2. The minimum atomic E-state index is -0.261. The monoisotopic (exact) mass is 192 g/mol. The van der Waals surface area contributed by atoms with E-state index >= 15 is 0 Å². The number of nitrogens with zero attached hydrogens (tertiary/aromatic N) is 1. The van der Waals surface area contributed by atoms with E-state index in [1.807, 2.05) is 0 Å². The Balaban J connectivity index is 1.85. The summed E-state index contributed by atoms with van der Waals surface area (Å²) in [6, 6.07) is 1.58. The second kappa shape index (κ2) is 2.54. The van der Waals surface area contributed by atoms with Gasteiger partial charge in [-0.2, -0.15) is 0 Å². The molecule has 2 aliphatic carbocycles. The van der Waals surface area contributed by atoms with Crippen molar-refractivity contribution in [3.63, 3.8) is 0 Å². The Bertz CT molecular complexity index is 373. The minimum absolute atomic E-state index is 0.125.